The van der Waals surface area contributed by atoms with Crippen LogP contribution in [0, 0.1) is 11.3 Å². The first-order valence-corrected chi connectivity index (χ1v) is 9.13. The van der Waals surface area contributed by atoms with Gasteiger partial charge in [0.2, 0.25) is 5.11 Å². The van der Waals surface area contributed by atoms with Gasteiger partial charge in [-0.05, 0) is 36.5 Å². The van der Waals surface area contributed by atoms with Gasteiger partial charge in [-0.1, -0.05) is 36.4 Å². The Kier molecular flexibility index (Phi) is 4.83. The summed E-state index contributed by atoms with van der Waals surface area (Å²) in [6.07, 6.45) is 0. The van der Waals surface area contributed by atoms with E-state index in [1.807, 2.05) is 6.07 Å². The first-order valence-electron chi connectivity index (χ1n) is 8.72. The first kappa shape index (κ1) is 19.0. The van der Waals surface area contributed by atoms with E-state index in [2.05, 4.69) is 10.4 Å². The van der Waals surface area contributed by atoms with Gasteiger partial charge in [0.1, 0.15) is 28.7 Å². The monoisotopic (exact) mass is 415 g/mol. The lowest BCUT2D eigenvalue weighted by molar-refractivity contribution is 0.0976. The van der Waals surface area contributed by atoms with Crippen molar-refractivity contribution in [2.24, 2.45) is 0 Å². The minimum Gasteiger partial charge on any atom is -0.422 e. The fraction of sp³-hybridized carbons (Fsp3) is 0. The van der Waals surface area contributed by atoms with Gasteiger partial charge in [-0.2, -0.15) is 15.0 Å². The number of anilines is 1. The number of aromatic nitrogens is 2. The van der Waals surface area contributed by atoms with Crippen LogP contribution in [0.15, 0.2) is 69.9 Å². The summed E-state index contributed by atoms with van der Waals surface area (Å²) in [5, 5.41) is 16.8. The van der Waals surface area contributed by atoms with Gasteiger partial charge in [0.25, 0.3) is 5.91 Å². The second-order valence-corrected chi connectivity index (χ2v) is 6.63. The zero-order chi connectivity index (χ0) is 21.3. The molecule has 30 heavy (non-hydrogen) atoms. The lowest BCUT2D eigenvalue weighted by atomic mass is 10.1. The molecule has 0 fully saturated rings. The van der Waals surface area contributed by atoms with Crippen LogP contribution in [0.3, 0.4) is 0 Å². The molecule has 2 aromatic carbocycles. The van der Waals surface area contributed by atoms with Crippen LogP contribution in [0.4, 0.5) is 5.82 Å². The Morgan fingerprint density at radius 2 is 1.87 bits per heavy atom. The lowest BCUT2D eigenvalue weighted by Crippen LogP contribution is -2.35. The van der Waals surface area contributed by atoms with Crippen LogP contribution in [0.5, 0.6) is 0 Å². The summed E-state index contributed by atoms with van der Waals surface area (Å²) in [6.45, 7) is 0. The average molecular weight is 415 g/mol. The Balaban J connectivity index is 1.76. The van der Waals surface area contributed by atoms with Gasteiger partial charge < -0.3 is 10.2 Å². The number of nitriles is 1. The highest BCUT2D eigenvalue weighted by atomic mass is 32.1. The standard InChI is InChI=1S/C21H13N5O3S/c22-11-15-17(14-10-13-8-4-5-9-16(13)29-20(14)28)25-26(18(15)23)21(30)24-19(27)12-6-2-1-3-7-12/h1-10H,23H2,(H,24,27,30). The van der Waals surface area contributed by atoms with Gasteiger partial charge in [0.15, 0.2) is 0 Å². The third-order valence-corrected chi connectivity index (χ3v) is 4.65. The molecule has 2 aromatic heterocycles. The maximum absolute atomic E-state index is 12.5. The van der Waals surface area contributed by atoms with Crippen molar-refractivity contribution in [3.8, 4) is 17.3 Å². The van der Waals surface area contributed by atoms with Crippen molar-refractivity contribution in [1.29, 1.82) is 5.26 Å². The Morgan fingerprint density at radius 3 is 2.60 bits per heavy atom. The molecule has 0 bridgehead atoms. The van der Waals surface area contributed by atoms with Crippen LogP contribution in [0.25, 0.3) is 22.2 Å². The lowest BCUT2D eigenvalue weighted by Gasteiger charge is -2.07. The number of nitrogens with zero attached hydrogens (tertiary/aromatic N) is 3. The van der Waals surface area contributed by atoms with Crippen LogP contribution < -0.4 is 16.7 Å². The second kappa shape index (κ2) is 7.62. The van der Waals surface area contributed by atoms with Gasteiger partial charge in [-0.3, -0.25) is 10.1 Å². The van der Waals surface area contributed by atoms with Crippen molar-refractivity contribution in [2.45, 2.75) is 0 Å². The third-order valence-electron chi connectivity index (χ3n) is 4.38. The number of amides is 1. The van der Waals surface area contributed by atoms with Crippen molar-refractivity contribution in [1.82, 2.24) is 15.1 Å². The van der Waals surface area contributed by atoms with E-state index in [0.29, 0.717) is 16.5 Å². The molecule has 3 N–H and O–H groups in total. The molecule has 0 aliphatic heterocycles. The smallest absolute Gasteiger partial charge is 0.345 e. The Bertz CT molecular complexity index is 1400. The number of nitrogen functional groups attached to an aromatic ring is 1. The Labute approximate surface area is 175 Å². The van der Waals surface area contributed by atoms with Gasteiger partial charge >= 0.3 is 5.63 Å². The number of nitrogens with one attached hydrogen (secondary N) is 1. The molecule has 0 saturated carbocycles. The zero-order valence-corrected chi connectivity index (χ0v) is 16.1. The second-order valence-electron chi connectivity index (χ2n) is 6.24. The molecule has 2 heterocycles. The molecule has 0 atom stereocenters. The minimum absolute atomic E-state index is 0.0193. The number of fused-ring (bicyclic) bond motifs is 1. The Hall–Kier alpha value is -4.29. The summed E-state index contributed by atoms with van der Waals surface area (Å²) >= 11 is 5.24. The first-order chi connectivity index (χ1) is 14.5. The van der Waals surface area contributed by atoms with Crippen LogP contribution >= 0.6 is 12.2 Å². The van der Waals surface area contributed by atoms with E-state index in [1.165, 1.54) is 0 Å². The number of hydrogen-bond donors (Lipinski definition) is 2. The van der Waals surface area contributed by atoms with Crippen molar-refractivity contribution < 1.29 is 9.21 Å². The molecule has 4 aromatic rings. The third kappa shape index (κ3) is 3.32. The maximum atomic E-state index is 12.5. The minimum atomic E-state index is -0.672. The predicted molar refractivity (Wildman–Crippen MR) is 115 cm³/mol. The van der Waals surface area contributed by atoms with E-state index in [-0.39, 0.29) is 27.8 Å². The quantitative estimate of drug-likeness (QED) is 0.381. The van der Waals surface area contributed by atoms with Gasteiger partial charge in [0.05, 0.1) is 5.56 Å². The van der Waals surface area contributed by atoms with Crippen LogP contribution in [0.1, 0.15) is 15.9 Å². The molecule has 8 nitrogen and oxygen atoms in total. The number of thiocarbonyl (C=S) groups is 1. The van der Waals surface area contributed by atoms with Crippen molar-refractivity contribution in [3.05, 3.63) is 82.2 Å². The topological polar surface area (TPSA) is 127 Å². The van der Waals surface area contributed by atoms with Gasteiger partial charge in [0, 0.05) is 10.9 Å². The normalized spacial score (nSPS) is 10.5. The predicted octanol–water partition coefficient (Wildman–Crippen LogP) is 2.67. The number of carbonyl (C=O) groups is 1. The number of nitrogens with two attached hydrogens (primary N) is 1. The van der Waals surface area contributed by atoms with E-state index >= 15 is 0 Å². The molecular formula is C21H13N5O3S. The molecule has 0 aliphatic rings. The maximum Gasteiger partial charge on any atom is 0.345 e. The van der Waals surface area contributed by atoms with Crippen molar-refractivity contribution in [3.63, 3.8) is 0 Å². The van der Waals surface area contributed by atoms with E-state index in [9.17, 15) is 14.9 Å². The average Bonchev–Trinajstić information content (AvgIpc) is 3.09. The summed E-state index contributed by atoms with van der Waals surface area (Å²) in [4.78, 5) is 24.8. The van der Waals surface area contributed by atoms with Crippen molar-refractivity contribution >= 4 is 40.0 Å². The molecule has 146 valence electrons. The molecule has 0 spiro atoms. The molecule has 0 aliphatic carbocycles. The van der Waals surface area contributed by atoms with Crippen LogP contribution in [-0.2, 0) is 0 Å². The van der Waals surface area contributed by atoms with E-state index in [1.54, 1.807) is 60.7 Å². The zero-order valence-electron chi connectivity index (χ0n) is 15.3. The summed E-state index contributed by atoms with van der Waals surface area (Å²) in [5.74, 6) is -0.556. The molecule has 9 heteroatoms. The fourth-order valence-corrected chi connectivity index (χ4v) is 3.16. The number of carbonyl (C=O) groups excluding carboxylic acids is 1. The number of para-hydroxylation sites is 1. The molecule has 0 unspecified atom stereocenters. The fourth-order valence-electron chi connectivity index (χ4n) is 2.92. The number of hydrogen-bond acceptors (Lipinski definition) is 7. The molecule has 0 radical (unpaired) electrons. The molecule has 4 rings (SSSR count). The molecular weight excluding hydrogens is 402 g/mol. The largest absolute Gasteiger partial charge is 0.422 e. The summed E-state index contributed by atoms with van der Waals surface area (Å²) in [7, 11) is 0. The highest BCUT2D eigenvalue weighted by Gasteiger charge is 2.23. The summed E-state index contributed by atoms with van der Waals surface area (Å²) in [6, 6.07) is 18.9. The Morgan fingerprint density at radius 1 is 1.17 bits per heavy atom. The highest BCUT2D eigenvalue weighted by Crippen LogP contribution is 2.26. The number of benzene rings is 2. The van der Waals surface area contributed by atoms with E-state index in [4.69, 9.17) is 22.4 Å². The SMILES string of the molecule is N#Cc1c(-c2cc3ccccc3oc2=O)nn(C(=S)NC(=O)c2ccccc2)c1N. The van der Waals surface area contributed by atoms with Gasteiger partial charge in [-0.25, -0.2) is 4.79 Å². The van der Waals surface area contributed by atoms with Crippen LogP contribution in [-0.4, -0.2) is 20.8 Å². The molecule has 0 saturated heterocycles. The van der Waals surface area contributed by atoms with Gasteiger partial charge in [-0.15, -0.1) is 0 Å². The van der Waals surface area contributed by atoms with Crippen molar-refractivity contribution in [2.75, 3.05) is 5.73 Å². The van der Waals surface area contributed by atoms with E-state index in [0.717, 1.165) is 4.68 Å². The van der Waals surface area contributed by atoms with E-state index < -0.39 is 11.5 Å². The summed E-state index contributed by atoms with van der Waals surface area (Å²) < 4.78 is 6.36. The molecule has 1 amide bonds. The highest BCUT2D eigenvalue weighted by molar-refractivity contribution is 7.80. The summed E-state index contributed by atoms with van der Waals surface area (Å²) in [5.41, 5.74) is 6.19. The number of rotatable bonds is 2. The van der Waals surface area contributed by atoms with Crippen LogP contribution in [0.2, 0.25) is 0 Å².